The smallest absolute Gasteiger partial charge is 0.131 e. The predicted molar refractivity (Wildman–Crippen MR) is 93.3 cm³/mol. The molecule has 0 radical (unpaired) electrons. The van der Waals surface area contributed by atoms with Gasteiger partial charge in [-0.15, -0.1) is 0 Å². The van der Waals surface area contributed by atoms with Gasteiger partial charge >= 0.3 is 0 Å². The van der Waals surface area contributed by atoms with Crippen LogP contribution in [0.3, 0.4) is 0 Å². The number of benzene rings is 1. The third kappa shape index (κ3) is 4.49. The molecule has 0 unspecified atom stereocenters. The fourth-order valence-corrected chi connectivity index (χ4v) is 2.30. The lowest BCUT2D eigenvalue weighted by atomic mass is 10.1. The Morgan fingerprint density at radius 1 is 1.04 bits per heavy atom. The normalized spacial score (nSPS) is 10.4. The van der Waals surface area contributed by atoms with Gasteiger partial charge in [0.1, 0.15) is 29.5 Å². The van der Waals surface area contributed by atoms with Crippen LogP contribution in [0.2, 0.25) is 0 Å². The number of hydrogen-bond donors (Lipinski definition) is 2. The van der Waals surface area contributed by atoms with Gasteiger partial charge in [0.25, 0.3) is 0 Å². The Labute approximate surface area is 140 Å². The Kier molecular flexibility index (Phi) is 5.29. The number of methoxy groups -OCH3 is 1. The zero-order valence-electron chi connectivity index (χ0n) is 13.5. The minimum Gasteiger partial charge on any atom is -0.497 e. The van der Waals surface area contributed by atoms with Crippen molar-refractivity contribution in [1.29, 1.82) is 0 Å². The Bertz CT molecular complexity index is 759. The van der Waals surface area contributed by atoms with Gasteiger partial charge in [0.15, 0.2) is 0 Å². The summed E-state index contributed by atoms with van der Waals surface area (Å²) < 4.78 is 10.5. The van der Waals surface area contributed by atoms with Crippen molar-refractivity contribution in [3.05, 3.63) is 66.4 Å². The van der Waals surface area contributed by atoms with Crippen LogP contribution in [-0.2, 0) is 13.0 Å². The summed E-state index contributed by atoms with van der Waals surface area (Å²) in [5.41, 5.74) is 1.21. The maximum atomic E-state index is 5.29. The molecular formula is C18H20N4O2. The van der Waals surface area contributed by atoms with Gasteiger partial charge in [0.05, 0.1) is 19.9 Å². The lowest BCUT2D eigenvalue weighted by Gasteiger charge is -2.08. The molecule has 2 aromatic heterocycles. The molecule has 0 amide bonds. The first-order chi connectivity index (χ1) is 11.8. The maximum Gasteiger partial charge on any atom is 0.131 e. The summed E-state index contributed by atoms with van der Waals surface area (Å²) >= 11 is 0. The second-order valence-corrected chi connectivity index (χ2v) is 5.25. The molecular weight excluding hydrogens is 304 g/mol. The number of aromatic nitrogens is 2. The Morgan fingerprint density at radius 2 is 1.92 bits per heavy atom. The highest BCUT2D eigenvalue weighted by atomic mass is 16.5. The van der Waals surface area contributed by atoms with Crippen LogP contribution in [0.4, 0.5) is 11.6 Å². The van der Waals surface area contributed by atoms with Gasteiger partial charge in [-0.2, -0.15) is 0 Å². The van der Waals surface area contributed by atoms with E-state index in [4.69, 9.17) is 9.15 Å². The molecule has 2 heterocycles. The molecule has 3 aromatic rings. The number of nitrogens with zero attached hydrogens (tertiary/aromatic N) is 2. The summed E-state index contributed by atoms with van der Waals surface area (Å²) in [5, 5.41) is 6.52. The SMILES string of the molecule is COc1cccc(CCNc2cc(NCc3ccco3)ncn2)c1. The van der Waals surface area contributed by atoms with E-state index in [9.17, 15) is 0 Å². The van der Waals surface area contributed by atoms with Crippen LogP contribution in [0.25, 0.3) is 0 Å². The second kappa shape index (κ2) is 8.01. The maximum absolute atomic E-state index is 5.29. The molecule has 0 fully saturated rings. The van der Waals surface area contributed by atoms with E-state index in [-0.39, 0.29) is 0 Å². The second-order valence-electron chi connectivity index (χ2n) is 5.25. The average Bonchev–Trinajstić information content (AvgIpc) is 3.14. The van der Waals surface area contributed by atoms with Gasteiger partial charge in [0.2, 0.25) is 0 Å². The van der Waals surface area contributed by atoms with Crippen molar-refractivity contribution in [2.24, 2.45) is 0 Å². The monoisotopic (exact) mass is 324 g/mol. The summed E-state index contributed by atoms with van der Waals surface area (Å²) in [4.78, 5) is 8.45. The van der Waals surface area contributed by atoms with E-state index >= 15 is 0 Å². The van der Waals surface area contributed by atoms with Crippen molar-refractivity contribution in [2.45, 2.75) is 13.0 Å². The molecule has 124 valence electrons. The summed E-state index contributed by atoms with van der Waals surface area (Å²) in [6, 6.07) is 13.7. The highest BCUT2D eigenvalue weighted by Gasteiger charge is 2.01. The predicted octanol–water partition coefficient (Wildman–Crippen LogP) is 3.34. The molecule has 0 saturated carbocycles. The van der Waals surface area contributed by atoms with Gasteiger partial charge in [0, 0.05) is 12.6 Å². The molecule has 0 bridgehead atoms. The van der Waals surface area contributed by atoms with Crippen molar-refractivity contribution in [3.8, 4) is 5.75 Å². The van der Waals surface area contributed by atoms with Crippen molar-refractivity contribution < 1.29 is 9.15 Å². The third-order valence-corrected chi connectivity index (χ3v) is 3.54. The minimum absolute atomic E-state index is 0.591. The number of rotatable bonds is 8. The number of furan rings is 1. The molecule has 0 aliphatic rings. The van der Waals surface area contributed by atoms with Crippen molar-refractivity contribution in [3.63, 3.8) is 0 Å². The summed E-state index contributed by atoms with van der Waals surface area (Å²) in [5.74, 6) is 3.28. The molecule has 1 aromatic carbocycles. The Morgan fingerprint density at radius 3 is 2.71 bits per heavy atom. The van der Waals surface area contributed by atoms with Crippen LogP contribution < -0.4 is 15.4 Å². The molecule has 0 saturated heterocycles. The first-order valence-corrected chi connectivity index (χ1v) is 7.78. The van der Waals surface area contributed by atoms with E-state index in [1.807, 2.05) is 36.4 Å². The molecule has 3 rings (SSSR count). The average molecular weight is 324 g/mol. The fourth-order valence-electron chi connectivity index (χ4n) is 2.30. The molecule has 6 nitrogen and oxygen atoms in total. The van der Waals surface area contributed by atoms with Gasteiger partial charge in [-0.25, -0.2) is 9.97 Å². The summed E-state index contributed by atoms with van der Waals surface area (Å²) in [6.07, 6.45) is 4.08. The first kappa shape index (κ1) is 15.9. The number of hydrogen-bond acceptors (Lipinski definition) is 6. The first-order valence-electron chi connectivity index (χ1n) is 7.78. The highest BCUT2D eigenvalue weighted by molar-refractivity contribution is 5.46. The molecule has 0 aliphatic heterocycles. The van der Waals surface area contributed by atoms with E-state index in [2.05, 4.69) is 26.7 Å². The standard InChI is InChI=1S/C18H20N4O2/c1-23-15-5-2-4-14(10-15)7-8-19-17-11-18(22-13-21-17)20-12-16-6-3-9-24-16/h2-6,9-11,13H,7-8,12H2,1H3,(H2,19,20,21,22). The van der Waals surface area contributed by atoms with E-state index < -0.39 is 0 Å². The van der Waals surface area contributed by atoms with Crippen LogP contribution in [-0.4, -0.2) is 23.6 Å². The van der Waals surface area contributed by atoms with Crippen LogP contribution in [0.5, 0.6) is 5.75 Å². The zero-order chi connectivity index (χ0) is 16.6. The number of ether oxygens (including phenoxy) is 1. The Hall–Kier alpha value is -3.02. The van der Waals surface area contributed by atoms with Gasteiger partial charge in [-0.3, -0.25) is 0 Å². The largest absolute Gasteiger partial charge is 0.497 e. The fraction of sp³-hybridized carbons (Fsp3) is 0.222. The highest BCUT2D eigenvalue weighted by Crippen LogP contribution is 2.14. The van der Waals surface area contributed by atoms with Crippen molar-refractivity contribution in [2.75, 3.05) is 24.3 Å². The van der Waals surface area contributed by atoms with Crippen LogP contribution >= 0.6 is 0 Å². The molecule has 6 heteroatoms. The minimum atomic E-state index is 0.591. The molecule has 0 spiro atoms. The van der Waals surface area contributed by atoms with E-state index in [1.54, 1.807) is 19.7 Å². The number of anilines is 2. The van der Waals surface area contributed by atoms with E-state index in [1.165, 1.54) is 5.56 Å². The third-order valence-electron chi connectivity index (χ3n) is 3.54. The van der Waals surface area contributed by atoms with Crippen molar-refractivity contribution in [1.82, 2.24) is 9.97 Å². The quantitative estimate of drug-likeness (QED) is 0.662. The molecule has 0 aliphatic carbocycles. The lowest BCUT2D eigenvalue weighted by Crippen LogP contribution is -2.08. The van der Waals surface area contributed by atoms with Gasteiger partial charge in [-0.1, -0.05) is 12.1 Å². The Balaban J connectivity index is 1.50. The van der Waals surface area contributed by atoms with Gasteiger partial charge in [-0.05, 0) is 36.2 Å². The summed E-state index contributed by atoms with van der Waals surface area (Å²) in [7, 11) is 1.68. The van der Waals surface area contributed by atoms with Gasteiger partial charge < -0.3 is 19.8 Å². The topological polar surface area (TPSA) is 72.2 Å². The number of nitrogens with one attached hydrogen (secondary N) is 2. The van der Waals surface area contributed by atoms with Crippen LogP contribution in [0.1, 0.15) is 11.3 Å². The molecule has 0 atom stereocenters. The van der Waals surface area contributed by atoms with E-state index in [0.717, 1.165) is 36.1 Å². The lowest BCUT2D eigenvalue weighted by molar-refractivity contribution is 0.414. The molecule has 2 N–H and O–H groups in total. The van der Waals surface area contributed by atoms with Crippen LogP contribution in [0, 0.1) is 0 Å². The van der Waals surface area contributed by atoms with E-state index in [0.29, 0.717) is 6.54 Å². The molecule has 24 heavy (non-hydrogen) atoms. The van der Waals surface area contributed by atoms with Crippen molar-refractivity contribution >= 4 is 11.6 Å². The van der Waals surface area contributed by atoms with Crippen LogP contribution in [0.15, 0.2) is 59.5 Å². The zero-order valence-corrected chi connectivity index (χ0v) is 13.5. The summed E-state index contributed by atoms with van der Waals surface area (Å²) in [6.45, 7) is 1.37.